The number of hydrogen-bond acceptors (Lipinski definition) is 4. The van der Waals surface area contributed by atoms with Crippen LogP contribution in [0.2, 0.25) is 0 Å². The number of thiophene rings is 1. The molecule has 0 bridgehead atoms. The number of benzene rings is 1. The molecule has 1 aromatic carbocycles. The Hall–Kier alpha value is -2.27. The van der Waals surface area contributed by atoms with Gasteiger partial charge in [0, 0.05) is 4.88 Å². The molecule has 0 atom stereocenters. The van der Waals surface area contributed by atoms with E-state index in [1.54, 1.807) is 25.4 Å². The van der Waals surface area contributed by atoms with E-state index in [0.29, 0.717) is 12.3 Å². The molecule has 5 heteroatoms. The maximum atomic E-state index is 11.7. The van der Waals surface area contributed by atoms with Crippen molar-refractivity contribution in [3.63, 3.8) is 0 Å². The summed E-state index contributed by atoms with van der Waals surface area (Å²) in [7, 11) is 1.65. The molecule has 108 valence electrons. The lowest BCUT2D eigenvalue weighted by Gasteiger charge is -2.01. The van der Waals surface area contributed by atoms with Crippen LogP contribution in [0.4, 0.5) is 0 Å². The third kappa shape index (κ3) is 2.64. The van der Waals surface area contributed by atoms with Crippen molar-refractivity contribution in [2.75, 3.05) is 13.7 Å². The molecular weight excluding hydrogens is 286 g/mol. The van der Waals surface area contributed by atoms with Crippen LogP contribution >= 0.6 is 11.3 Å². The number of carbonyl (C=O) groups excluding carboxylic acids is 1. The highest BCUT2D eigenvalue weighted by Crippen LogP contribution is 2.34. The molecule has 4 nitrogen and oxygen atoms in total. The van der Waals surface area contributed by atoms with Crippen LogP contribution in [0.5, 0.6) is 5.75 Å². The Labute approximate surface area is 126 Å². The first-order valence-electron chi connectivity index (χ1n) is 6.65. The molecule has 0 aliphatic rings. The molecule has 0 spiro atoms. The van der Waals surface area contributed by atoms with Gasteiger partial charge in [0.1, 0.15) is 11.4 Å². The maximum absolute atomic E-state index is 11.7. The van der Waals surface area contributed by atoms with Crippen molar-refractivity contribution in [2.45, 2.75) is 6.92 Å². The molecule has 0 saturated heterocycles. The topological polar surface area (TPSA) is 51.3 Å². The molecule has 0 aliphatic heterocycles. The molecule has 3 aromatic rings. The summed E-state index contributed by atoms with van der Waals surface area (Å²) in [4.78, 5) is 15.9. The number of aromatic amines is 1. The van der Waals surface area contributed by atoms with E-state index in [2.05, 4.69) is 4.98 Å². The fourth-order valence-electron chi connectivity index (χ4n) is 2.14. The number of esters is 1. The van der Waals surface area contributed by atoms with Gasteiger partial charge in [-0.1, -0.05) is 0 Å². The van der Waals surface area contributed by atoms with Crippen LogP contribution in [0.1, 0.15) is 17.4 Å². The highest BCUT2D eigenvalue weighted by Gasteiger charge is 2.13. The lowest BCUT2D eigenvalue weighted by Crippen LogP contribution is -2.04. The second-order valence-corrected chi connectivity index (χ2v) is 5.60. The van der Waals surface area contributed by atoms with Crippen molar-refractivity contribution in [1.29, 1.82) is 0 Å². The van der Waals surface area contributed by atoms with E-state index in [9.17, 15) is 4.79 Å². The molecule has 0 unspecified atom stereocenters. The van der Waals surface area contributed by atoms with Gasteiger partial charge in [-0.2, -0.15) is 0 Å². The van der Waals surface area contributed by atoms with Crippen molar-refractivity contribution in [1.82, 2.24) is 4.98 Å². The molecule has 0 amide bonds. The number of ether oxygens (including phenoxy) is 2. The minimum absolute atomic E-state index is 0.313. The van der Waals surface area contributed by atoms with Gasteiger partial charge in [0.2, 0.25) is 0 Å². The Morgan fingerprint density at radius 2 is 2.00 bits per heavy atom. The number of methoxy groups -OCH3 is 1. The highest BCUT2D eigenvalue weighted by molar-refractivity contribution is 7.22. The first-order valence-corrected chi connectivity index (χ1v) is 7.47. The summed E-state index contributed by atoms with van der Waals surface area (Å²) in [5, 5.41) is 0. The number of aromatic nitrogens is 1. The van der Waals surface area contributed by atoms with Crippen molar-refractivity contribution < 1.29 is 14.3 Å². The SMILES string of the molecule is CCOC(=O)c1cc2sc(-c3ccc(OC)cc3)cc2[nH]1. The van der Waals surface area contributed by atoms with Crippen LogP contribution in [-0.2, 0) is 4.74 Å². The van der Waals surface area contributed by atoms with Crippen LogP contribution in [0.25, 0.3) is 20.7 Å². The highest BCUT2D eigenvalue weighted by atomic mass is 32.1. The Morgan fingerprint density at radius 1 is 1.24 bits per heavy atom. The molecule has 1 N–H and O–H groups in total. The van der Waals surface area contributed by atoms with Crippen molar-refractivity contribution in [3.8, 4) is 16.2 Å². The van der Waals surface area contributed by atoms with Gasteiger partial charge in [-0.15, -0.1) is 11.3 Å². The predicted octanol–water partition coefficient (Wildman–Crippen LogP) is 4.08. The van der Waals surface area contributed by atoms with Gasteiger partial charge in [-0.25, -0.2) is 4.79 Å². The van der Waals surface area contributed by atoms with Gasteiger partial charge in [0.05, 0.1) is 23.9 Å². The number of rotatable bonds is 4. The molecular formula is C16H15NO3S. The van der Waals surface area contributed by atoms with Crippen LogP contribution in [0.15, 0.2) is 36.4 Å². The van der Waals surface area contributed by atoms with Gasteiger partial charge in [0.25, 0.3) is 0 Å². The van der Waals surface area contributed by atoms with Crippen LogP contribution in [0.3, 0.4) is 0 Å². The average Bonchev–Trinajstić information content (AvgIpc) is 3.06. The van der Waals surface area contributed by atoms with Crippen molar-refractivity contribution in [2.24, 2.45) is 0 Å². The lowest BCUT2D eigenvalue weighted by atomic mass is 10.2. The monoisotopic (exact) mass is 301 g/mol. The van der Waals surface area contributed by atoms with Gasteiger partial charge in [-0.3, -0.25) is 0 Å². The van der Waals surface area contributed by atoms with E-state index in [-0.39, 0.29) is 5.97 Å². The van der Waals surface area contributed by atoms with E-state index >= 15 is 0 Å². The zero-order valence-electron chi connectivity index (χ0n) is 11.8. The van der Waals surface area contributed by atoms with E-state index < -0.39 is 0 Å². The molecule has 2 aromatic heterocycles. The van der Waals surface area contributed by atoms with Crippen LogP contribution in [0, 0.1) is 0 Å². The van der Waals surface area contributed by atoms with Gasteiger partial charge < -0.3 is 14.5 Å². The summed E-state index contributed by atoms with van der Waals surface area (Å²) in [6.07, 6.45) is 0. The molecule has 21 heavy (non-hydrogen) atoms. The fourth-order valence-corrected chi connectivity index (χ4v) is 3.20. The summed E-state index contributed by atoms with van der Waals surface area (Å²) in [5.74, 6) is 0.525. The number of nitrogens with one attached hydrogen (secondary N) is 1. The molecule has 0 radical (unpaired) electrons. The minimum atomic E-state index is -0.313. The molecule has 2 heterocycles. The summed E-state index contributed by atoms with van der Waals surface area (Å²) in [6, 6.07) is 11.8. The Kier molecular flexibility index (Phi) is 3.66. The molecule has 3 rings (SSSR count). The summed E-state index contributed by atoms with van der Waals surface area (Å²) < 4.78 is 11.2. The zero-order chi connectivity index (χ0) is 14.8. The van der Waals surface area contributed by atoms with Crippen LogP contribution < -0.4 is 4.74 Å². The number of H-pyrrole nitrogens is 1. The first kappa shape index (κ1) is 13.7. The molecule has 0 aliphatic carbocycles. The fraction of sp³-hybridized carbons (Fsp3) is 0.188. The Morgan fingerprint density at radius 3 is 2.62 bits per heavy atom. The Balaban J connectivity index is 1.91. The van der Waals surface area contributed by atoms with Gasteiger partial charge >= 0.3 is 5.97 Å². The summed E-state index contributed by atoms with van der Waals surface area (Å²) >= 11 is 1.64. The molecule has 0 saturated carbocycles. The number of hydrogen-bond donors (Lipinski definition) is 1. The zero-order valence-corrected chi connectivity index (χ0v) is 12.6. The standard InChI is InChI=1S/C16H15NO3S/c1-3-20-16(18)13-9-15-12(17-13)8-14(21-15)10-4-6-11(19-2)7-5-10/h4-9,17H,3H2,1-2H3. The van der Waals surface area contributed by atoms with E-state index in [1.807, 2.05) is 36.4 Å². The molecule has 0 fully saturated rings. The third-order valence-electron chi connectivity index (χ3n) is 3.18. The second kappa shape index (κ2) is 5.61. The van der Waals surface area contributed by atoms with Crippen molar-refractivity contribution >= 4 is 27.5 Å². The lowest BCUT2D eigenvalue weighted by molar-refractivity contribution is 0.0520. The van der Waals surface area contributed by atoms with Gasteiger partial charge in [0.15, 0.2) is 0 Å². The van der Waals surface area contributed by atoms with E-state index in [0.717, 1.165) is 26.4 Å². The normalized spacial score (nSPS) is 10.8. The van der Waals surface area contributed by atoms with Crippen molar-refractivity contribution in [3.05, 3.63) is 42.1 Å². The van der Waals surface area contributed by atoms with Gasteiger partial charge in [-0.05, 0) is 48.9 Å². The Bertz CT molecular complexity index is 739. The quantitative estimate of drug-likeness (QED) is 0.739. The minimum Gasteiger partial charge on any atom is -0.497 e. The number of carbonyl (C=O) groups is 1. The second-order valence-electron chi connectivity index (χ2n) is 4.52. The summed E-state index contributed by atoms with van der Waals surface area (Å²) in [6.45, 7) is 2.17. The third-order valence-corrected chi connectivity index (χ3v) is 4.31. The number of fused-ring (bicyclic) bond motifs is 1. The smallest absolute Gasteiger partial charge is 0.354 e. The van der Waals surface area contributed by atoms with Crippen LogP contribution in [-0.4, -0.2) is 24.7 Å². The largest absolute Gasteiger partial charge is 0.497 e. The average molecular weight is 301 g/mol. The maximum Gasteiger partial charge on any atom is 0.354 e. The summed E-state index contributed by atoms with van der Waals surface area (Å²) in [5.41, 5.74) is 2.58. The van der Waals surface area contributed by atoms with E-state index in [1.165, 1.54) is 0 Å². The van der Waals surface area contributed by atoms with E-state index in [4.69, 9.17) is 9.47 Å². The first-order chi connectivity index (χ1) is 10.2. The predicted molar refractivity (Wildman–Crippen MR) is 84.1 cm³/mol.